The van der Waals surface area contributed by atoms with Gasteiger partial charge in [-0.1, -0.05) is 18.9 Å². The van der Waals surface area contributed by atoms with Crippen molar-refractivity contribution in [2.75, 3.05) is 24.4 Å². The summed E-state index contributed by atoms with van der Waals surface area (Å²) >= 11 is -1.55. The average molecular weight is 391 g/mol. The van der Waals surface area contributed by atoms with Gasteiger partial charge in [-0.05, 0) is 37.8 Å². The van der Waals surface area contributed by atoms with Gasteiger partial charge in [0.15, 0.2) is 0 Å². The summed E-state index contributed by atoms with van der Waals surface area (Å²) < 4.78 is 24.4. The van der Waals surface area contributed by atoms with Gasteiger partial charge in [0.2, 0.25) is 17.1 Å². The molecule has 0 bridgehead atoms. The third-order valence-electron chi connectivity index (χ3n) is 5.67. The van der Waals surface area contributed by atoms with Crippen molar-refractivity contribution in [3.05, 3.63) is 23.8 Å². The number of amidine groups is 1. The molecular weight excluding hydrogens is 364 g/mol. The van der Waals surface area contributed by atoms with E-state index in [1.165, 1.54) is 12.8 Å². The Hall–Kier alpha value is -2.09. The number of likely N-dealkylation sites (tertiary alicyclic amines) is 1. The normalized spacial score (nSPS) is 25.5. The molecule has 3 N–H and O–H groups in total. The molecule has 1 aromatic rings. The van der Waals surface area contributed by atoms with E-state index in [1.807, 2.05) is 23.1 Å². The second-order valence-corrected chi connectivity index (χ2v) is 8.48. The Morgan fingerprint density at radius 2 is 2.11 bits per heavy atom. The third kappa shape index (κ3) is 3.95. The number of carbonyl (C=O) groups excluding carboxylic acids is 1. The number of ether oxygens (including phenoxy) is 1. The number of anilines is 1. The molecule has 0 radical (unpaired) electrons. The molecule has 0 spiro atoms. The molecule has 146 valence electrons. The molecule has 3 aliphatic rings. The summed E-state index contributed by atoms with van der Waals surface area (Å²) in [6.45, 7) is 2.15. The number of hydrogen-bond acceptors (Lipinski definition) is 4. The maximum Gasteiger partial charge on any atom is 0.245 e. The molecule has 0 aromatic heterocycles. The number of amides is 1. The highest BCUT2D eigenvalue weighted by molar-refractivity contribution is 7.85. The minimum absolute atomic E-state index is 0.222. The van der Waals surface area contributed by atoms with Crippen LogP contribution in [0, 0.1) is 11.8 Å². The highest BCUT2D eigenvalue weighted by Gasteiger charge is 2.31. The van der Waals surface area contributed by atoms with Gasteiger partial charge in [0.1, 0.15) is 11.6 Å². The van der Waals surface area contributed by atoms with E-state index in [4.69, 9.17) is 10.5 Å². The number of benzene rings is 1. The van der Waals surface area contributed by atoms with Crippen LogP contribution in [-0.4, -0.2) is 40.5 Å². The maximum absolute atomic E-state index is 12.7. The fraction of sp³-hybridized carbons (Fsp3) is 0.579. The molecular formula is C19H26N4O3S. The SMILES string of the molecule is NC1=NS(=O)Nc2cccc(OCC3CCCN(C(=O)C4CCCC4)C3)c21. The minimum atomic E-state index is -1.55. The van der Waals surface area contributed by atoms with E-state index in [9.17, 15) is 9.00 Å². The lowest BCUT2D eigenvalue weighted by molar-refractivity contribution is -0.137. The van der Waals surface area contributed by atoms with Gasteiger partial charge in [-0.25, -0.2) is 4.21 Å². The van der Waals surface area contributed by atoms with Crippen LogP contribution < -0.4 is 15.2 Å². The quantitative estimate of drug-likeness (QED) is 0.824. The molecule has 2 atom stereocenters. The number of rotatable bonds is 4. The molecule has 1 amide bonds. The Morgan fingerprint density at radius 1 is 1.30 bits per heavy atom. The van der Waals surface area contributed by atoms with Gasteiger partial charge >= 0.3 is 0 Å². The summed E-state index contributed by atoms with van der Waals surface area (Å²) in [6.07, 6.45) is 6.51. The van der Waals surface area contributed by atoms with E-state index < -0.39 is 11.2 Å². The van der Waals surface area contributed by atoms with E-state index in [-0.39, 0.29) is 11.8 Å². The van der Waals surface area contributed by atoms with Crippen LogP contribution in [0.5, 0.6) is 5.75 Å². The first-order valence-corrected chi connectivity index (χ1v) is 10.8. The Kier molecular flexibility index (Phi) is 5.33. The summed E-state index contributed by atoms with van der Waals surface area (Å²) in [7, 11) is 0. The molecule has 4 rings (SSSR count). The Labute approximate surface area is 162 Å². The fourth-order valence-corrected chi connectivity index (χ4v) is 4.97. The summed E-state index contributed by atoms with van der Waals surface area (Å²) in [4.78, 5) is 14.7. The summed E-state index contributed by atoms with van der Waals surface area (Å²) in [5.41, 5.74) is 7.29. The van der Waals surface area contributed by atoms with Gasteiger partial charge in [0.25, 0.3) is 0 Å². The van der Waals surface area contributed by atoms with Crippen molar-refractivity contribution < 1.29 is 13.7 Å². The molecule has 8 heteroatoms. The summed E-state index contributed by atoms with van der Waals surface area (Å²) in [6, 6.07) is 5.50. The minimum Gasteiger partial charge on any atom is -0.492 e. The predicted octanol–water partition coefficient (Wildman–Crippen LogP) is 2.20. The number of fused-ring (bicyclic) bond motifs is 1. The van der Waals surface area contributed by atoms with Crippen LogP contribution in [0.4, 0.5) is 5.69 Å². The first-order chi connectivity index (χ1) is 13.1. The zero-order chi connectivity index (χ0) is 18.8. The lowest BCUT2D eigenvalue weighted by Crippen LogP contribution is -2.44. The van der Waals surface area contributed by atoms with Gasteiger partial charge in [0, 0.05) is 24.9 Å². The number of nitrogens with two attached hydrogens (primary N) is 1. The lowest BCUT2D eigenvalue weighted by Gasteiger charge is -2.34. The molecule has 27 heavy (non-hydrogen) atoms. The smallest absolute Gasteiger partial charge is 0.245 e. The molecule has 2 unspecified atom stereocenters. The summed E-state index contributed by atoms with van der Waals surface area (Å²) in [5, 5.41) is 0. The van der Waals surface area contributed by atoms with Crippen LogP contribution in [0.2, 0.25) is 0 Å². The molecule has 7 nitrogen and oxygen atoms in total. The number of hydrogen-bond donors (Lipinski definition) is 2. The van der Waals surface area contributed by atoms with Crippen LogP contribution in [-0.2, 0) is 16.0 Å². The predicted molar refractivity (Wildman–Crippen MR) is 106 cm³/mol. The van der Waals surface area contributed by atoms with Crippen LogP contribution in [0.15, 0.2) is 22.6 Å². The maximum atomic E-state index is 12.7. The number of nitrogens with one attached hydrogen (secondary N) is 1. The topological polar surface area (TPSA) is 97.0 Å². The van der Waals surface area contributed by atoms with Crippen molar-refractivity contribution in [1.82, 2.24) is 4.90 Å². The second kappa shape index (κ2) is 7.88. The molecule has 1 aromatic carbocycles. The van der Waals surface area contributed by atoms with E-state index in [2.05, 4.69) is 9.12 Å². The highest BCUT2D eigenvalue weighted by atomic mass is 32.2. The van der Waals surface area contributed by atoms with E-state index in [1.54, 1.807) is 0 Å². The van der Waals surface area contributed by atoms with Crippen molar-refractivity contribution >= 4 is 28.6 Å². The molecule has 1 aliphatic carbocycles. The van der Waals surface area contributed by atoms with Crippen molar-refractivity contribution in [3.63, 3.8) is 0 Å². The van der Waals surface area contributed by atoms with Crippen LogP contribution >= 0.6 is 0 Å². The van der Waals surface area contributed by atoms with Gasteiger partial charge in [-0.3, -0.25) is 9.52 Å². The zero-order valence-electron chi connectivity index (χ0n) is 15.4. The van der Waals surface area contributed by atoms with Crippen molar-refractivity contribution in [1.29, 1.82) is 0 Å². The lowest BCUT2D eigenvalue weighted by atomic mass is 9.96. The van der Waals surface area contributed by atoms with Crippen molar-refractivity contribution in [2.24, 2.45) is 22.0 Å². The monoisotopic (exact) mass is 390 g/mol. The first-order valence-electron chi connectivity index (χ1n) is 9.69. The number of nitrogens with zero attached hydrogens (tertiary/aromatic N) is 2. The van der Waals surface area contributed by atoms with Gasteiger partial charge in [0.05, 0.1) is 17.9 Å². The van der Waals surface area contributed by atoms with Crippen molar-refractivity contribution in [2.45, 2.75) is 38.5 Å². The Balaban J connectivity index is 1.40. The van der Waals surface area contributed by atoms with E-state index in [0.29, 0.717) is 35.4 Å². The number of piperidine rings is 1. The molecule has 2 heterocycles. The molecule has 1 saturated heterocycles. The van der Waals surface area contributed by atoms with Crippen molar-refractivity contribution in [3.8, 4) is 5.75 Å². The van der Waals surface area contributed by atoms with E-state index >= 15 is 0 Å². The highest BCUT2D eigenvalue weighted by Crippen LogP contribution is 2.31. The standard InChI is InChI=1S/C19H26N4O3S/c20-18-17-15(21-27(25)22-18)8-3-9-16(17)26-12-13-5-4-10-23(11-13)19(24)14-6-1-2-7-14/h3,8-9,13-14,21H,1-2,4-7,10-12H2,(H2,20,22). The van der Waals surface area contributed by atoms with Gasteiger partial charge in [-0.15, -0.1) is 0 Å². The molecule has 2 fully saturated rings. The Morgan fingerprint density at radius 3 is 2.93 bits per heavy atom. The first kappa shape index (κ1) is 18.3. The fourth-order valence-electron chi connectivity index (χ4n) is 4.29. The van der Waals surface area contributed by atoms with Crippen LogP contribution in [0.1, 0.15) is 44.1 Å². The van der Waals surface area contributed by atoms with Crippen LogP contribution in [0.3, 0.4) is 0 Å². The zero-order valence-corrected chi connectivity index (χ0v) is 16.2. The third-order valence-corrected chi connectivity index (χ3v) is 6.43. The summed E-state index contributed by atoms with van der Waals surface area (Å²) in [5.74, 6) is 1.73. The molecule has 2 aliphatic heterocycles. The Bertz CT molecular complexity index is 776. The molecule has 1 saturated carbocycles. The van der Waals surface area contributed by atoms with Crippen LogP contribution in [0.25, 0.3) is 0 Å². The van der Waals surface area contributed by atoms with Gasteiger partial charge < -0.3 is 15.4 Å². The van der Waals surface area contributed by atoms with E-state index in [0.717, 1.165) is 38.8 Å². The average Bonchev–Trinajstić information content (AvgIpc) is 3.20. The largest absolute Gasteiger partial charge is 0.492 e. The van der Waals surface area contributed by atoms with Gasteiger partial charge in [-0.2, -0.15) is 4.40 Å². The number of carbonyl (C=O) groups is 1. The second-order valence-electron chi connectivity index (χ2n) is 7.59.